The minimum Gasteiger partial charge on any atom is -0.352 e. The second-order valence-corrected chi connectivity index (χ2v) is 5.31. The standard InChI is InChI=1S/C12H21N3OS/c1-9-7-11(3)15(14-9)8-10(2)13-12(16)5-6-17-4/h7,10H,5-6,8H2,1-4H3,(H,13,16). The van der Waals surface area contributed by atoms with Crippen molar-refractivity contribution in [1.29, 1.82) is 0 Å². The van der Waals surface area contributed by atoms with Crippen molar-refractivity contribution in [2.45, 2.75) is 39.8 Å². The molecule has 1 aromatic heterocycles. The van der Waals surface area contributed by atoms with Crippen molar-refractivity contribution in [3.63, 3.8) is 0 Å². The van der Waals surface area contributed by atoms with Gasteiger partial charge in [0.25, 0.3) is 0 Å². The Morgan fingerprint density at radius 3 is 2.82 bits per heavy atom. The van der Waals surface area contributed by atoms with Gasteiger partial charge < -0.3 is 5.32 Å². The maximum atomic E-state index is 11.5. The number of aryl methyl sites for hydroxylation is 2. The van der Waals surface area contributed by atoms with Crippen LogP contribution in [0.4, 0.5) is 0 Å². The average Bonchev–Trinajstić information content (AvgIpc) is 2.54. The fraction of sp³-hybridized carbons (Fsp3) is 0.667. The Hall–Kier alpha value is -0.970. The normalized spacial score (nSPS) is 12.5. The van der Waals surface area contributed by atoms with Gasteiger partial charge in [-0.1, -0.05) is 0 Å². The summed E-state index contributed by atoms with van der Waals surface area (Å²) in [4.78, 5) is 11.5. The third-order valence-electron chi connectivity index (χ3n) is 2.49. The molecule has 1 amide bonds. The monoisotopic (exact) mass is 255 g/mol. The summed E-state index contributed by atoms with van der Waals surface area (Å²) in [6.45, 7) is 6.74. The number of hydrogen-bond acceptors (Lipinski definition) is 3. The molecule has 5 heteroatoms. The van der Waals surface area contributed by atoms with Gasteiger partial charge in [0.15, 0.2) is 0 Å². The molecule has 0 aliphatic carbocycles. The molecule has 1 unspecified atom stereocenters. The second-order valence-electron chi connectivity index (χ2n) is 4.32. The lowest BCUT2D eigenvalue weighted by molar-refractivity contribution is -0.121. The molecule has 17 heavy (non-hydrogen) atoms. The molecule has 1 heterocycles. The number of thioether (sulfide) groups is 1. The smallest absolute Gasteiger partial charge is 0.221 e. The second kappa shape index (κ2) is 6.69. The van der Waals surface area contributed by atoms with Crippen LogP contribution in [0.3, 0.4) is 0 Å². The molecule has 0 bridgehead atoms. The van der Waals surface area contributed by atoms with E-state index < -0.39 is 0 Å². The van der Waals surface area contributed by atoms with E-state index in [1.165, 1.54) is 0 Å². The Kier molecular flexibility index (Phi) is 5.55. The molecule has 1 N–H and O–H groups in total. The van der Waals surface area contributed by atoms with E-state index in [4.69, 9.17) is 0 Å². The summed E-state index contributed by atoms with van der Waals surface area (Å²) in [5.74, 6) is 0.992. The van der Waals surface area contributed by atoms with Crippen LogP contribution >= 0.6 is 11.8 Å². The molecule has 1 aromatic rings. The Balaban J connectivity index is 2.41. The van der Waals surface area contributed by atoms with Crippen LogP contribution in [-0.2, 0) is 11.3 Å². The quantitative estimate of drug-likeness (QED) is 0.842. The van der Waals surface area contributed by atoms with Gasteiger partial charge in [0.05, 0.1) is 12.2 Å². The van der Waals surface area contributed by atoms with E-state index in [0.717, 1.165) is 23.7 Å². The van der Waals surface area contributed by atoms with E-state index in [9.17, 15) is 4.79 Å². The van der Waals surface area contributed by atoms with Gasteiger partial charge in [0, 0.05) is 23.9 Å². The van der Waals surface area contributed by atoms with Crippen LogP contribution in [0.1, 0.15) is 24.7 Å². The zero-order valence-corrected chi connectivity index (χ0v) is 11.8. The van der Waals surface area contributed by atoms with Crippen molar-refractivity contribution in [2.24, 2.45) is 0 Å². The Labute approximate surface area is 107 Å². The minimum absolute atomic E-state index is 0.113. The molecule has 0 radical (unpaired) electrons. The zero-order chi connectivity index (χ0) is 12.8. The van der Waals surface area contributed by atoms with Gasteiger partial charge in [-0.15, -0.1) is 0 Å². The van der Waals surface area contributed by atoms with Crippen LogP contribution in [0.25, 0.3) is 0 Å². The highest BCUT2D eigenvalue weighted by molar-refractivity contribution is 7.98. The SMILES string of the molecule is CSCCC(=O)NC(C)Cn1nc(C)cc1C. The molecule has 0 aromatic carbocycles. The molecule has 4 nitrogen and oxygen atoms in total. The molecule has 1 rings (SSSR count). The highest BCUT2D eigenvalue weighted by Gasteiger charge is 2.09. The number of amides is 1. The third-order valence-corrected chi connectivity index (χ3v) is 3.10. The van der Waals surface area contributed by atoms with E-state index in [0.29, 0.717) is 6.42 Å². The summed E-state index contributed by atoms with van der Waals surface area (Å²) in [5, 5.41) is 7.37. The highest BCUT2D eigenvalue weighted by atomic mass is 32.2. The number of nitrogens with one attached hydrogen (secondary N) is 1. The third kappa shape index (κ3) is 4.81. The molecular formula is C12H21N3OS. The summed E-state index contributed by atoms with van der Waals surface area (Å²) < 4.78 is 1.94. The first kappa shape index (κ1) is 14.1. The molecule has 0 saturated heterocycles. The highest BCUT2D eigenvalue weighted by Crippen LogP contribution is 2.03. The van der Waals surface area contributed by atoms with Crippen LogP contribution in [0.2, 0.25) is 0 Å². The number of rotatable bonds is 6. The Bertz CT molecular complexity index is 376. The largest absolute Gasteiger partial charge is 0.352 e. The number of nitrogens with zero attached hydrogens (tertiary/aromatic N) is 2. The number of carbonyl (C=O) groups is 1. The van der Waals surface area contributed by atoms with Crippen LogP contribution in [0.5, 0.6) is 0 Å². The first-order valence-electron chi connectivity index (χ1n) is 5.82. The lowest BCUT2D eigenvalue weighted by Crippen LogP contribution is -2.36. The van der Waals surface area contributed by atoms with E-state index in [2.05, 4.69) is 10.4 Å². The van der Waals surface area contributed by atoms with Gasteiger partial charge in [0.1, 0.15) is 0 Å². The molecule has 1 atom stereocenters. The van der Waals surface area contributed by atoms with Gasteiger partial charge in [-0.25, -0.2) is 0 Å². The molecule has 0 aliphatic rings. The molecule has 0 fully saturated rings. The lowest BCUT2D eigenvalue weighted by Gasteiger charge is -2.14. The predicted octanol–water partition coefficient (Wildman–Crippen LogP) is 1.76. The van der Waals surface area contributed by atoms with Gasteiger partial charge in [-0.05, 0) is 33.1 Å². The molecular weight excluding hydrogens is 234 g/mol. The average molecular weight is 255 g/mol. The van der Waals surface area contributed by atoms with Crippen LogP contribution in [0.15, 0.2) is 6.07 Å². The minimum atomic E-state index is 0.113. The Morgan fingerprint density at radius 1 is 1.59 bits per heavy atom. The summed E-state index contributed by atoms with van der Waals surface area (Å²) in [6, 6.07) is 2.16. The summed E-state index contributed by atoms with van der Waals surface area (Å²) >= 11 is 1.69. The van der Waals surface area contributed by atoms with Crippen molar-refractivity contribution >= 4 is 17.7 Å². The summed E-state index contributed by atoms with van der Waals surface area (Å²) in [5.41, 5.74) is 2.15. The van der Waals surface area contributed by atoms with Crippen molar-refractivity contribution in [3.05, 3.63) is 17.5 Å². The lowest BCUT2D eigenvalue weighted by atomic mass is 10.3. The Morgan fingerprint density at radius 2 is 2.29 bits per heavy atom. The van der Waals surface area contributed by atoms with Gasteiger partial charge in [-0.3, -0.25) is 9.48 Å². The maximum Gasteiger partial charge on any atom is 0.221 e. The van der Waals surface area contributed by atoms with Crippen LogP contribution < -0.4 is 5.32 Å². The number of aromatic nitrogens is 2. The molecule has 0 spiro atoms. The van der Waals surface area contributed by atoms with E-state index in [1.807, 2.05) is 37.8 Å². The molecule has 0 aliphatic heterocycles. The summed E-state index contributed by atoms with van der Waals surface area (Å²) in [7, 11) is 0. The van der Waals surface area contributed by atoms with Crippen molar-refractivity contribution in [3.8, 4) is 0 Å². The van der Waals surface area contributed by atoms with Gasteiger partial charge in [-0.2, -0.15) is 16.9 Å². The maximum absolute atomic E-state index is 11.5. The van der Waals surface area contributed by atoms with Gasteiger partial charge in [0.2, 0.25) is 5.91 Å². The zero-order valence-electron chi connectivity index (χ0n) is 11.0. The molecule has 0 saturated carbocycles. The predicted molar refractivity (Wildman–Crippen MR) is 72.3 cm³/mol. The van der Waals surface area contributed by atoms with E-state index in [-0.39, 0.29) is 11.9 Å². The number of hydrogen-bond donors (Lipinski definition) is 1. The fourth-order valence-electron chi connectivity index (χ4n) is 1.71. The van der Waals surface area contributed by atoms with E-state index >= 15 is 0 Å². The van der Waals surface area contributed by atoms with Gasteiger partial charge >= 0.3 is 0 Å². The summed E-state index contributed by atoms with van der Waals surface area (Å²) in [6.07, 6.45) is 2.59. The van der Waals surface area contributed by atoms with E-state index in [1.54, 1.807) is 11.8 Å². The first-order valence-corrected chi connectivity index (χ1v) is 7.21. The number of carbonyl (C=O) groups excluding carboxylic acids is 1. The van der Waals surface area contributed by atoms with Crippen LogP contribution in [0, 0.1) is 13.8 Å². The first-order chi connectivity index (χ1) is 8.02. The van der Waals surface area contributed by atoms with Crippen molar-refractivity contribution < 1.29 is 4.79 Å². The van der Waals surface area contributed by atoms with Crippen LogP contribution in [-0.4, -0.2) is 33.7 Å². The topological polar surface area (TPSA) is 46.9 Å². The van der Waals surface area contributed by atoms with Crippen molar-refractivity contribution in [1.82, 2.24) is 15.1 Å². The fourth-order valence-corrected chi connectivity index (χ4v) is 2.10. The van der Waals surface area contributed by atoms with Crippen molar-refractivity contribution in [2.75, 3.05) is 12.0 Å². The molecule has 96 valence electrons.